The molecule has 2 aromatic rings. The van der Waals surface area contributed by atoms with Gasteiger partial charge in [0, 0.05) is 0 Å². The van der Waals surface area contributed by atoms with Crippen LogP contribution in [0.3, 0.4) is 0 Å². The number of nitrogens with zero attached hydrogens (tertiary/aromatic N) is 2. The summed E-state index contributed by atoms with van der Waals surface area (Å²) >= 11 is 0. The lowest BCUT2D eigenvalue weighted by Crippen LogP contribution is -2.48. The molecule has 0 fully saturated rings. The lowest BCUT2D eigenvalue weighted by molar-refractivity contribution is -0.121. The first kappa shape index (κ1) is 19.9. The van der Waals surface area contributed by atoms with Gasteiger partial charge < -0.3 is 5.32 Å². The number of anilines is 3. The van der Waals surface area contributed by atoms with Crippen LogP contribution in [-0.2, 0) is 19.6 Å². The van der Waals surface area contributed by atoms with Gasteiger partial charge in [-0.25, -0.2) is 8.42 Å². The Morgan fingerprint density at radius 2 is 1.75 bits per heavy atom. The molecule has 2 aromatic carbocycles. The fourth-order valence-corrected chi connectivity index (χ4v) is 4.56. The quantitative estimate of drug-likeness (QED) is 0.852. The number of nitrogens with one attached hydrogen (secondary N) is 1. The average Bonchev–Trinajstić information content (AvgIpc) is 2.58. The first-order valence-electron chi connectivity index (χ1n) is 8.82. The first-order valence-corrected chi connectivity index (χ1v) is 10.7. The molecule has 1 aliphatic heterocycles. The summed E-state index contributed by atoms with van der Waals surface area (Å²) in [5.41, 5.74) is 4.13. The minimum absolute atomic E-state index is 0.153. The molecule has 1 aliphatic rings. The number of benzene rings is 2. The van der Waals surface area contributed by atoms with E-state index in [1.54, 1.807) is 24.3 Å². The van der Waals surface area contributed by atoms with Crippen LogP contribution in [0.15, 0.2) is 36.4 Å². The van der Waals surface area contributed by atoms with Gasteiger partial charge >= 0.3 is 0 Å². The molecular weight excluding hydrogens is 378 g/mol. The zero-order chi connectivity index (χ0) is 20.6. The Bertz CT molecular complexity index is 1040. The molecule has 148 valence electrons. The highest BCUT2D eigenvalue weighted by atomic mass is 32.2. The van der Waals surface area contributed by atoms with E-state index in [0.29, 0.717) is 17.1 Å². The number of sulfonamides is 1. The minimum Gasteiger partial charge on any atom is -0.323 e. The normalized spacial score (nSPS) is 13.7. The van der Waals surface area contributed by atoms with Crippen LogP contribution >= 0.6 is 0 Å². The Morgan fingerprint density at radius 3 is 2.36 bits per heavy atom. The highest BCUT2D eigenvalue weighted by Crippen LogP contribution is 2.31. The van der Waals surface area contributed by atoms with Crippen molar-refractivity contribution in [2.45, 2.75) is 20.8 Å². The predicted molar refractivity (Wildman–Crippen MR) is 110 cm³/mol. The summed E-state index contributed by atoms with van der Waals surface area (Å²) in [6.45, 7) is 5.04. The monoisotopic (exact) mass is 401 g/mol. The summed E-state index contributed by atoms with van der Waals surface area (Å²) in [4.78, 5) is 26.4. The lowest BCUT2D eigenvalue weighted by atomic mass is 10.1. The van der Waals surface area contributed by atoms with Crippen molar-refractivity contribution >= 4 is 38.9 Å². The van der Waals surface area contributed by atoms with E-state index in [4.69, 9.17) is 0 Å². The molecule has 0 spiro atoms. The molecule has 0 bridgehead atoms. The van der Waals surface area contributed by atoms with Gasteiger partial charge in [-0.05, 0) is 44.0 Å². The van der Waals surface area contributed by atoms with E-state index in [9.17, 15) is 18.0 Å². The third-order valence-corrected chi connectivity index (χ3v) is 5.75. The number of para-hydroxylation sites is 2. The first-order chi connectivity index (χ1) is 13.1. The number of rotatable bonds is 4. The SMILES string of the molecule is Cc1cc(C)c(N(CC(=O)N2CC(=O)Nc3ccccc32)S(C)(=O)=O)c(C)c1. The molecule has 3 rings (SSSR count). The smallest absolute Gasteiger partial charge is 0.248 e. The van der Waals surface area contributed by atoms with Crippen molar-refractivity contribution < 1.29 is 18.0 Å². The molecule has 1 N–H and O–H groups in total. The molecule has 2 amide bonds. The summed E-state index contributed by atoms with van der Waals surface area (Å²) in [5, 5.41) is 2.72. The van der Waals surface area contributed by atoms with Gasteiger partial charge in [0.2, 0.25) is 21.8 Å². The van der Waals surface area contributed by atoms with Gasteiger partial charge in [-0.1, -0.05) is 29.8 Å². The van der Waals surface area contributed by atoms with Gasteiger partial charge in [-0.2, -0.15) is 0 Å². The van der Waals surface area contributed by atoms with Crippen LogP contribution in [0.5, 0.6) is 0 Å². The van der Waals surface area contributed by atoms with Crippen LogP contribution in [0.4, 0.5) is 17.1 Å². The summed E-state index contributed by atoms with van der Waals surface area (Å²) < 4.78 is 26.2. The van der Waals surface area contributed by atoms with Crippen molar-refractivity contribution in [1.82, 2.24) is 0 Å². The third kappa shape index (κ3) is 3.87. The molecule has 0 saturated heterocycles. The zero-order valence-electron chi connectivity index (χ0n) is 16.3. The van der Waals surface area contributed by atoms with Crippen molar-refractivity contribution in [3.05, 3.63) is 53.1 Å². The standard InChI is InChI=1S/C20H23N3O4S/c1-13-9-14(2)20(15(3)10-13)23(28(4,26)27)12-19(25)22-11-18(24)21-16-7-5-6-8-17(16)22/h5-10H,11-12H2,1-4H3,(H,21,24). The van der Waals surface area contributed by atoms with E-state index in [1.807, 2.05) is 32.9 Å². The third-order valence-electron chi connectivity index (χ3n) is 4.64. The van der Waals surface area contributed by atoms with E-state index in [-0.39, 0.29) is 19.0 Å². The van der Waals surface area contributed by atoms with Gasteiger partial charge in [-0.15, -0.1) is 0 Å². The molecule has 0 aromatic heterocycles. The second-order valence-electron chi connectivity index (χ2n) is 7.06. The Balaban J connectivity index is 2.00. The Labute approximate surface area is 165 Å². The molecule has 1 heterocycles. The number of carbonyl (C=O) groups is 2. The number of fused-ring (bicyclic) bond motifs is 1. The summed E-state index contributed by atoms with van der Waals surface area (Å²) in [6, 6.07) is 10.7. The van der Waals surface area contributed by atoms with Gasteiger partial charge in [0.25, 0.3) is 0 Å². The fraction of sp³-hybridized carbons (Fsp3) is 0.300. The summed E-state index contributed by atoms with van der Waals surface area (Å²) in [7, 11) is -3.72. The largest absolute Gasteiger partial charge is 0.323 e. The predicted octanol–water partition coefficient (Wildman–Crippen LogP) is 2.36. The molecule has 28 heavy (non-hydrogen) atoms. The maximum atomic E-state index is 13.1. The van der Waals surface area contributed by atoms with Crippen LogP contribution in [0.2, 0.25) is 0 Å². The van der Waals surface area contributed by atoms with Crippen molar-refractivity contribution in [3.63, 3.8) is 0 Å². The second-order valence-corrected chi connectivity index (χ2v) is 8.97. The van der Waals surface area contributed by atoms with Crippen molar-refractivity contribution in [2.75, 3.05) is 33.9 Å². The summed E-state index contributed by atoms with van der Waals surface area (Å²) in [6.07, 6.45) is 1.08. The van der Waals surface area contributed by atoms with E-state index >= 15 is 0 Å². The zero-order valence-corrected chi connectivity index (χ0v) is 17.1. The Hall–Kier alpha value is -2.87. The Morgan fingerprint density at radius 1 is 1.14 bits per heavy atom. The minimum atomic E-state index is -3.72. The maximum Gasteiger partial charge on any atom is 0.248 e. The van der Waals surface area contributed by atoms with Crippen LogP contribution in [0.1, 0.15) is 16.7 Å². The summed E-state index contributed by atoms with van der Waals surface area (Å²) in [5.74, 6) is -0.784. The number of hydrogen-bond acceptors (Lipinski definition) is 4. The average molecular weight is 401 g/mol. The van der Waals surface area contributed by atoms with Crippen molar-refractivity contribution in [1.29, 1.82) is 0 Å². The van der Waals surface area contributed by atoms with Crippen molar-refractivity contribution in [2.24, 2.45) is 0 Å². The molecule has 0 radical (unpaired) electrons. The molecule has 0 atom stereocenters. The molecule has 0 unspecified atom stereocenters. The van der Waals surface area contributed by atoms with Crippen LogP contribution in [0, 0.1) is 20.8 Å². The van der Waals surface area contributed by atoms with Crippen LogP contribution < -0.4 is 14.5 Å². The van der Waals surface area contributed by atoms with Gasteiger partial charge in [0.1, 0.15) is 13.1 Å². The van der Waals surface area contributed by atoms with Gasteiger partial charge in [0.05, 0.1) is 23.3 Å². The number of hydrogen-bond donors (Lipinski definition) is 1. The van der Waals surface area contributed by atoms with Crippen molar-refractivity contribution in [3.8, 4) is 0 Å². The Kier molecular flexibility index (Phi) is 5.16. The van der Waals surface area contributed by atoms with E-state index in [1.165, 1.54) is 4.90 Å². The molecule has 7 nitrogen and oxygen atoms in total. The van der Waals surface area contributed by atoms with Gasteiger partial charge in [-0.3, -0.25) is 18.8 Å². The molecule has 8 heteroatoms. The van der Waals surface area contributed by atoms with E-state index in [0.717, 1.165) is 27.3 Å². The van der Waals surface area contributed by atoms with Crippen LogP contribution in [0.25, 0.3) is 0 Å². The van der Waals surface area contributed by atoms with Gasteiger partial charge in [0.15, 0.2) is 0 Å². The molecular formula is C20H23N3O4S. The number of carbonyl (C=O) groups excluding carboxylic acids is 2. The second kappa shape index (κ2) is 7.27. The fourth-order valence-electron chi connectivity index (χ4n) is 3.59. The topological polar surface area (TPSA) is 86.8 Å². The van der Waals surface area contributed by atoms with E-state index in [2.05, 4.69) is 5.32 Å². The molecule has 0 aliphatic carbocycles. The number of amides is 2. The highest BCUT2D eigenvalue weighted by molar-refractivity contribution is 7.92. The number of aryl methyl sites for hydroxylation is 3. The van der Waals surface area contributed by atoms with Crippen LogP contribution in [-0.4, -0.2) is 39.6 Å². The lowest BCUT2D eigenvalue weighted by Gasteiger charge is -2.32. The maximum absolute atomic E-state index is 13.1. The van der Waals surface area contributed by atoms with E-state index < -0.39 is 15.9 Å². The highest BCUT2D eigenvalue weighted by Gasteiger charge is 2.31. The molecule has 0 saturated carbocycles.